The van der Waals surface area contributed by atoms with Gasteiger partial charge in [-0.15, -0.1) is 0 Å². The molecule has 0 radical (unpaired) electrons. The quantitative estimate of drug-likeness (QED) is 0.820. The molecular formula is C10H12ClFN6O2S. The van der Waals surface area contributed by atoms with Gasteiger partial charge in [0.15, 0.2) is 17.5 Å². The van der Waals surface area contributed by atoms with Crippen LogP contribution in [0.3, 0.4) is 0 Å². The molecule has 0 saturated heterocycles. The van der Waals surface area contributed by atoms with Crippen LogP contribution in [0.2, 0.25) is 5.28 Å². The number of nitrogens with zero attached hydrogens (tertiary/aromatic N) is 4. The summed E-state index contributed by atoms with van der Waals surface area (Å²) >= 11 is 5.71. The van der Waals surface area contributed by atoms with E-state index in [0.29, 0.717) is 10.1 Å². The Morgan fingerprint density at radius 1 is 1.43 bits per heavy atom. The minimum Gasteiger partial charge on any atom is -0.321 e. The zero-order valence-electron chi connectivity index (χ0n) is 11.3. The van der Waals surface area contributed by atoms with E-state index in [4.69, 9.17) is 11.6 Å². The molecule has 8 nitrogen and oxygen atoms in total. The summed E-state index contributed by atoms with van der Waals surface area (Å²) in [4.78, 5) is 7.30. The Balaban J connectivity index is 2.46. The highest BCUT2D eigenvalue weighted by Gasteiger charge is 2.23. The van der Waals surface area contributed by atoms with Crippen LogP contribution in [0.15, 0.2) is 6.07 Å². The third kappa shape index (κ3) is 3.39. The molecule has 21 heavy (non-hydrogen) atoms. The van der Waals surface area contributed by atoms with Gasteiger partial charge >= 0.3 is 0 Å². The van der Waals surface area contributed by atoms with E-state index in [-0.39, 0.29) is 11.1 Å². The summed E-state index contributed by atoms with van der Waals surface area (Å²) in [7, 11) is -2.52. The first-order chi connectivity index (χ1) is 9.68. The molecule has 0 fully saturated rings. The molecule has 2 aromatic heterocycles. The SMILES string of the molecule is Cc1cc(Nc2nc(Cl)nc(N(C)S(C)(=O)=O)c2F)n[nH]1. The molecule has 0 unspecified atom stereocenters. The molecule has 0 saturated carbocycles. The number of sulfonamides is 1. The molecule has 11 heteroatoms. The van der Waals surface area contributed by atoms with Crippen molar-refractivity contribution in [1.29, 1.82) is 0 Å². The molecule has 0 spiro atoms. The fraction of sp³-hybridized carbons (Fsp3) is 0.300. The van der Waals surface area contributed by atoms with Crippen LogP contribution in [0.25, 0.3) is 0 Å². The highest BCUT2D eigenvalue weighted by atomic mass is 35.5. The molecule has 2 aromatic rings. The number of hydrogen-bond acceptors (Lipinski definition) is 6. The Morgan fingerprint density at radius 3 is 2.62 bits per heavy atom. The Kier molecular flexibility index (Phi) is 4.01. The molecule has 0 bridgehead atoms. The van der Waals surface area contributed by atoms with Gasteiger partial charge in [0.25, 0.3) is 0 Å². The monoisotopic (exact) mass is 334 g/mol. The van der Waals surface area contributed by atoms with Crippen molar-refractivity contribution in [3.05, 3.63) is 22.9 Å². The number of anilines is 3. The number of hydrogen-bond donors (Lipinski definition) is 2. The Hall–Kier alpha value is -1.94. The van der Waals surface area contributed by atoms with Crippen LogP contribution in [0.4, 0.5) is 21.8 Å². The standard InChI is InChI=1S/C10H12ClFN6O2S/c1-5-4-6(17-16-5)13-8-7(12)9(15-10(11)14-8)18(2)21(3,19)20/h4H,1-3H3,(H2,13,14,15,16,17). The first-order valence-electron chi connectivity index (χ1n) is 5.64. The summed E-state index contributed by atoms with van der Waals surface area (Å²) in [5.74, 6) is -1.36. The predicted octanol–water partition coefficient (Wildman–Crippen LogP) is 1.44. The van der Waals surface area contributed by atoms with E-state index < -0.39 is 21.7 Å². The maximum absolute atomic E-state index is 14.3. The largest absolute Gasteiger partial charge is 0.321 e. The molecule has 0 aliphatic rings. The van der Waals surface area contributed by atoms with Gasteiger partial charge in [0, 0.05) is 18.8 Å². The molecule has 2 rings (SSSR count). The van der Waals surface area contributed by atoms with Crippen molar-refractivity contribution in [2.45, 2.75) is 6.92 Å². The van der Waals surface area contributed by atoms with Gasteiger partial charge in [-0.05, 0) is 18.5 Å². The van der Waals surface area contributed by atoms with Crippen LogP contribution in [-0.2, 0) is 10.0 Å². The normalized spacial score (nSPS) is 11.5. The third-order valence-electron chi connectivity index (χ3n) is 2.55. The van der Waals surface area contributed by atoms with Gasteiger partial charge in [-0.3, -0.25) is 9.40 Å². The van der Waals surface area contributed by atoms with E-state index in [1.165, 1.54) is 7.05 Å². The molecule has 114 valence electrons. The smallest absolute Gasteiger partial charge is 0.233 e. The summed E-state index contributed by atoms with van der Waals surface area (Å²) in [6.45, 7) is 1.77. The minimum absolute atomic E-state index is 0.271. The van der Waals surface area contributed by atoms with E-state index in [9.17, 15) is 12.8 Å². The molecule has 0 aromatic carbocycles. The molecular weight excluding hydrogens is 323 g/mol. The van der Waals surface area contributed by atoms with E-state index in [2.05, 4.69) is 25.5 Å². The van der Waals surface area contributed by atoms with Gasteiger partial charge in [-0.25, -0.2) is 8.42 Å². The van der Waals surface area contributed by atoms with E-state index in [1.807, 2.05) is 0 Å². The van der Waals surface area contributed by atoms with Crippen LogP contribution in [-0.4, -0.2) is 41.9 Å². The van der Waals surface area contributed by atoms with Crippen molar-refractivity contribution in [3.63, 3.8) is 0 Å². The maximum atomic E-state index is 14.3. The first kappa shape index (κ1) is 15.4. The number of aromatic nitrogens is 4. The van der Waals surface area contributed by atoms with Crippen LogP contribution >= 0.6 is 11.6 Å². The molecule has 2 heterocycles. The van der Waals surface area contributed by atoms with Crippen LogP contribution in [0.1, 0.15) is 5.69 Å². The van der Waals surface area contributed by atoms with Gasteiger partial charge in [0.05, 0.1) is 6.26 Å². The fourth-order valence-electron chi connectivity index (χ4n) is 1.46. The Bertz CT molecular complexity index is 778. The Labute approximate surface area is 125 Å². The number of H-pyrrole nitrogens is 1. The van der Waals surface area contributed by atoms with Gasteiger partial charge in [0.1, 0.15) is 0 Å². The van der Waals surface area contributed by atoms with Gasteiger partial charge < -0.3 is 5.32 Å². The van der Waals surface area contributed by atoms with E-state index in [1.54, 1.807) is 13.0 Å². The van der Waals surface area contributed by atoms with E-state index in [0.717, 1.165) is 11.9 Å². The number of aryl methyl sites for hydroxylation is 1. The molecule has 0 amide bonds. The van der Waals surface area contributed by atoms with Crippen molar-refractivity contribution in [1.82, 2.24) is 20.2 Å². The second-order valence-corrected chi connectivity index (χ2v) is 6.62. The van der Waals surface area contributed by atoms with Gasteiger partial charge in [-0.1, -0.05) is 0 Å². The summed E-state index contributed by atoms with van der Waals surface area (Å²) in [5.41, 5.74) is 0.756. The molecule has 2 N–H and O–H groups in total. The Morgan fingerprint density at radius 2 is 2.10 bits per heavy atom. The number of nitrogens with one attached hydrogen (secondary N) is 2. The highest BCUT2D eigenvalue weighted by molar-refractivity contribution is 7.92. The van der Waals surface area contributed by atoms with E-state index >= 15 is 0 Å². The predicted molar refractivity (Wildman–Crippen MR) is 76.9 cm³/mol. The average molecular weight is 335 g/mol. The molecule has 0 aliphatic heterocycles. The first-order valence-corrected chi connectivity index (χ1v) is 7.87. The van der Waals surface area contributed by atoms with Crippen LogP contribution < -0.4 is 9.62 Å². The highest BCUT2D eigenvalue weighted by Crippen LogP contribution is 2.26. The lowest BCUT2D eigenvalue weighted by atomic mass is 10.4. The van der Waals surface area contributed by atoms with Crippen molar-refractivity contribution in [2.24, 2.45) is 0 Å². The van der Waals surface area contributed by atoms with Crippen molar-refractivity contribution >= 4 is 39.1 Å². The summed E-state index contributed by atoms with van der Waals surface area (Å²) < 4.78 is 38.0. The number of halogens is 2. The third-order valence-corrected chi connectivity index (χ3v) is 3.89. The van der Waals surface area contributed by atoms with Gasteiger partial charge in [-0.2, -0.15) is 19.5 Å². The lowest BCUT2D eigenvalue weighted by Crippen LogP contribution is -2.27. The summed E-state index contributed by atoms with van der Waals surface area (Å²) in [5, 5.41) is 8.85. The maximum Gasteiger partial charge on any atom is 0.233 e. The summed E-state index contributed by atoms with van der Waals surface area (Å²) in [6.07, 6.45) is 0.923. The van der Waals surface area contributed by atoms with Crippen molar-refractivity contribution in [3.8, 4) is 0 Å². The molecule has 0 aliphatic carbocycles. The fourth-order valence-corrected chi connectivity index (χ4v) is 2.06. The zero-order chi connectivity index (χ0) is 15.8. The average Bonchev–Trinajstić information content (AvgIpc) is 2.77. The lowest BCUT2D eigenvalue weighted by Gasteiger charge is -2.17. The van der Waals surface area contributed by atoms with Crippen molar-refractivity contribution < 1.29 is 12.8 Å². The topological polar surface area (TPSA) is 104 Å². The summed E-state index contributed by atoms with van der Waals surface area (Å²) in [6, 6.07) is 1.62. The second-order valence-electron chi connectivity index (χ2n) is 4.27. The number of aromatic amines is 1. The van der Waals surface area contributed by atoms with Crippen LogP contribution in [0, 0.1) is 12.7 Å². The molecule has 0 atom stereocenters. The number of rotatable bonds is 4. The minimum atomic E-state index is -3.69. The second kappa shape index (κ2) is 5.45. The zero-order valence-corrected chi connectivity index (χ0v) is 12.9. The van der Waals surface area contributed by atoms with Crippen molar-refractivity contribution in [2.75, 3.05) is 22.9 Å². The van der Waals surface area contributed by atoms with Crippen LogP contribution in [0.5, 0.6) is 0 Å². The van der Waals surface area contributed by atoms with Gasteiger partial charge in [0.2, 0.25) is 21.1 Å². The lowest BCUT2D eigenvalue weighted by molar-refractivity contribution is 0.592.